The van der Waals surface area contributed by atoms with E-state index in [0.717, 1.165) is 23.1 Å². The summed E-state index contributed by atoms with van der Waals surface area (Å²) in [5.41, 5.74) is 1.45. The van der Waals surface area contributed by atoms with E-state index in [-0.39, 0.29) is 23.8 Å². The maximum absolute atomic E-state index is 13.8. The fraction of sp³-hybridized carbons (Fsp3) is 0.292. The van der Waals surface area contributed by atoms with Gasteiger partial charge in [0.1, 0.15) is 5.65 Å². The molecule has 2 aromatic heterocycles. The lowest BCUT2D eigenvalue weighted by atomic mass is 9.76. The Morgan fingerprint density at radius 3 is 2.67 bits per heavy atom. The molecule has 1 amide bonds. The molecule has 33 heavy (non-hydrogen) atoms. The van der Waals surface area contributed by atoms with Crippen LogP contribution >= 0.6 is 0 Å². The molecule has 0 aliphatic carbocycles. The topological polar surface area (TPSA) is 84.5 Å². The maximum atomic E-state index is 13.8. The predicted octanol–water partition coefficient (Wildman–Crippen LogP) is 3.56. The third-order valence-electron chi connectivity index (χ3n) is 5.87. The van der Waals surface area contributed by atoms with Gasteiger partial charge in [0.15, 0.2) is 11.6 Å². The van der Waals surface area contributed by atoms with Gasteiger partial charge in [0, 0.05) is 35.5 Å². The van der Waals surface area contributed by atoms with E-state index in [0.29, 0.717) is 24.6 Å². The summed E-state index contributed by atoms with van der Waals surface area (Å²) in [7, 11) is 0. The first-order valence-corrected chi connectivity index (χ1v) is 10.5. The van der Waals surface area contributed by atoms with Gasteiger partial charge in [-0.3, -0.25) is 4.79 Å². The van der Waals surface area contributed by atoms with Crippen LogP contribution in [0.3, 0.4) is 0 Å². The van der Waals surface area contributed by atoms with E-state index in [4.69, 9.17) is 9.47 Å². The Kier molecular flexibility index (Phi) is 5.01. The van der Waals surface area contributed by atoms with Crippen molar-refractivity contribution in [2.75, 3.05) is 19.8 Å². The smallest absolute Gasteiger partial charge is 0.342 e. The molecule has 0 radical (unpaired) electrons. The van der Waals surface area contributed by atoms with E-state index in [1.165, 1.54) is 17.2 Å². The van der Waals surface area contributed by atoms with Gasteiger partial charge < -0.3 is 19.4 Å². The Labute approximate surface area is 188 Å². The van der Waals surface area contributed by atoms with Crippen molar-refractivity contribution in [2.45, 2.75) is 25.4 Å². The van der Waals surface area contributed by atoms with Gasteiger partial charge in [-0.25, -0.2) is 18.6 Å². The summed E-state index contributed by atoms with van der Waals surface area (Å²) in [5.74, 6) is -3.35. The summed E-state index contributed by atoms with van der Waals surface area (Å²) in [6, 6.07) is 6.67. The van der Waals surface area contributed by atoms with Crippen LogP contribution in [0.2, 0.25) is 0 Å². The van der Waals surface area contributed by atoms with Gasteiger partial charge in [-0.2, -0.15) is 0 Å². The third kappa shape index (κ3) is 3.48. The van der Waals surface area contributed by atoms with Crippen molar-refractivity contribution in [1.82, 2.24) is 14.9 Å². The van der Waals surface area contributed by atoms with Crippen LogP contribution in [0.4, 0.5) is 8.78 Å². The number of halogens is 2. The van der Waals surface area contributed by atoms with Crippen molar-refractivity contribution in [1.29, 1.82) is 0 Å². The quantitative estimate of drug-likeness (QED) is 0.613. The van der Waals surface area contributed by atoms with Gasteiger partial charge in [-0.05, 0) is 44.2 Å². The van der Waals surface area contributed by atoms with Crippen molar-refractivity contribution >= 4 is 28.5 Å². The molecule has 1 saturated heterocycles. The molecule has 1 spiro atoms. The Morgan fingerprint density at radius 2 is 2.00 bits per heavy atom. The van der Waals surface area contributed by atoms with Crippen LogP contribution in [0.25, 0.3) is 16.6 Å². The second-order valence-electron chi connectivity index (χ2n) is 8.61. The van der Waals surface area contributed by atoms with Crippen LogP contribution in [0.5, 0.6) is 0 Å². The zero-order chi connectivity index (χ0) is 23.3. The summed E-state index contributed by atoms with van der Waals surface area (Å²) < 4.78 is 38.3. The van der Waals surface area contributed by atoms with Crippen LogP contribution in [0.1, 0.15) is 35.5 Å². The molecule has 0 atom stereocenters. The molecule has 0 saturated carbocycles. The maximum Gasteiger partial charge on any atom is 0.342 e. The Hall–Kier alpha value is -3.59. The number of pyridine rings is 1. The number of H-pyrrole nitrogens is 1. The van der Waals surface area contributed by atoms with E-state index in [1.807, 2.05) is 6.07 Å². The average molecular weight is 453 g/mol. The zero-order valence-corrected chi connectivity index (χ0v) is 18.0. The summed E-state index contributed by atoms with van der Waals surface area (Å²) in [6.07, 6.45) is 2.68. The van der Waals surface area contributed by atoms with Crippen molar-refractivity contribution in [3.8, 4) is 0 Å². The largest absolute Gasteiger partial charge is 0.459 e. The molecule has 5 rings (SSSR count). The molecule has 9 heteroatoms. The average Bonchev–Trinajstić information content (AvgIpc) is 3.05. The Morgan fingerprint density at radius 1 is 1.21 bits per heavy atom. The highest BCUT2D eigenvalue weighted by molar-refractivity contribution is 6.18. The molecular weight excluding hydrogens is 432 g/mol. The monoisotopic (exact) mass is 453 g/mol. The van der Waals surface area contributed by atoms with Crippen LogP contribution in [-0.2, 0) is 19.7 Å². The molecule has 0 unspecified atom stereocenters. The lowest BCUT2D eigenvalue weighted by Gasteiger charge is -2.43. The first-order valence-electron chi connectivity index (χ1n) is 10.5. The highest BCUT2D eigenvalue weighted by Crippen LogP contribution is 2.44. The van der Waals surface area contributed by atoms with E-state index >= 15 is 0 Å². The molecule has 2 aliphatic rings. The molecule has 0 bridgehead atoms. The lowest BCUT2D eigenvalue weighted by molar-refractivity contribution is -0.140. The SMILES string of the molecule is CC(C)OC(=O)C1=CN(C(=O)c2ccc(F)c(F)c2)CC2(COC2)c2c1[nH]c1ncccc21. The predicted molar refractivity (Wildman–Crippen MR) is 115 cm³/mol. The molecule has 4 heterocycles. The molecule has 1 N–H and O–H groups in total. The van der Waals surface area contributed by atoms with Crippen LogP contribution in [-0.4, -0.2) is 52.6 Å². The highest BCUT2D eigenvalue weighted by atomic mass is 19.2. The fourth-order valence-electron chi connectivity index (χ4n) is 4.39. The van der Waals surface area contributed by atoms with E-state index in [9.17, 15) is 18.4 Å². The number of ether oxygens (including phenoxy) is 2. The number of carbonyl (C=O) groups is 2. The van der Waals surface area contributed by atoms with E-state index in [2.05, 4.69) is 9.97 Å². The minimum Gasteiger partial charge on any atom is -0.459 e. The lowest BCUT2D eigenvalue weighted by Crippen LogP contribution is -2.54. The molecule has 7 nitrogen and oxygen atoms in total. The highest BCUT2D eigenvalue weighted by Gasteiger charge is 2.48. The number of fused-ring (bicyclic) bond motifs is 4. The molecule has 170 valence electrons. The van der Waals surface area contributed by atoms with Crippen LogP contribution < -0.4 is 0 Å². The normalized spacial score (nSPS) is 16.9. The molecule has 3 aromatic rings. The first-order chi connectivity index (χ1) is 15.8. The van der Waals surface area contributed by atoms with Crippen molar-refractivity contribution in [3.05, 3.63) is 71.2 Å². The number of nitrogens with zero attached hydrogens (tertiary/aromatic N) is 2. The van der Waals surface area contributed by atoms with Gasteiger partial charge in [-0.15, -0.1) is 0 Å². The van der Waals surface area contributed by atoms with Crippen molar-refractivity contribution < 1.29 is 27.8 Å². The first kappa shape index (κ1) is 21.3. The zero-order valence-electron chi connectivity index (χ0n) is 18.0. The summed E-state index contributed by atoms with van der Waals surface area (Å²) >= 11 is 0. The summed E-state index contributed by atoms with van der Waals surface area (Å²) in [6.45, 7) is 4.29. The minimum atomic E-state index is -1.12. The molecular formula is C24H21F2N3O4. The number of rotatable bonds is 3. The van der Waals surface area contributed by atoms with Gasteiger partial charge >= 0.3 is 5.97 Å². The minimum absolute atomic E-state index is 0.0331. The Bertz CT molecular complexity index is 1310. The number of benzene rings is 1. The standard InChI is InChI=1S/C24H21F2N3O4/c1-13(2)33-23(31)16-9-29(22(30)14-5-6-17(25)18(26)8-14)10-24(11-32-12-24)19-15-4-3-7-27-21(15)28-20(16)19/h3-9,13H,10-12H2,1-2H3,(H,27,28). The number of hydrogen-bond acceptors (Lipinski definition) is 5. The molecule has 1 fully saturated rings. The summed E-state index contributed by atoms with van der Waals surface area (Å²) in [4.78, 5) is 35.4. The van der Waals surface area contributed by atoms with Crippen LogP contribution in [0, 0.1) is 11.6 Å². The number of hydrogen-bond donors (Lipinski definition) is 1. The van der Waals surface area contributed by atoms with Gasteiger partial charge in [0.25, 0.3) is 5.91 Å². The van der Waals surface area contributed by atoms with Gasteiger partial charge in [0.2, 0.25) is 0 Å². The number of nitrogens with one attached hydrogen (secondary N) is 1. The summed E-state index contributed by atoms with van der Waals surface area (Å²) in [5, 5.41) is 0.821. The number of esters is 1. The van der Waals surface area contributed by atoms with E-state index < -0.39 is 28.9 Å². The number of aromatic nitrogens is 2. The number of aromatic amines is 1. The van der Waals surface area contributed by atoms with Gasteiger partial charge in [0.05, 0.1) is 36.0 Å². The van der Waals surface area contributed by atoms with Gasteiger partial charge in [-0.1, -0.05) is 0 Å². The second-order valence-corrected chi connectivity index (χ2v) is 8.61. The second kappa shape index (κ2) is 7.77. The third-order valence-corrected chi connectivity index (χ3v) is 5.87. The Balaban J connectivity index is 1.68. The van der Waals surface area contributed by atoms with Crippen molar-refractivity contribution in [2.24, 2.45) is 0 Å². The molecule has 1 aromatic carbocycles. The number of carbonyl (C=O) groups excluding carboxylic acids is 2. The molecule has 2 aliphatic heterocycles. The van der Waals surface area contributed by atoms with E-state index in [1.54, 1.807) is 26.1 Å². The van der Waals surface area contributed by atoms with Crippen molar-refractivity contribution in [3.63, 3.8) is 0 Å². The van der Waals surface area contributed by atoms with Crippen LogP contribution in [0.15, 0.2) is 42.7 Å². The number of amides is 1. The fourth-order valence-corrected chi connectivity index (χ4v) is 4.39.